The topological polar surface area (TPSA) is 69.4 Å². The molecule has 0 bridgehead atoms. The number of anilines is 2. The first-order valence-electron chi connectivity index (χ1n) is 14.8. The average Bonchev–Trinajstić information content (AvgIpc) is 3.46. The van der Waals surface area contributed by atoms with Gasteiger partial charge in [0.15, 0.2) is 0 Å². The van der Waals surface area contributed by atoms with Gasteiger partial charge in [-0.1, -0.05) is 25.1 Å². The molecule has 1 aromatic heterocycles. The number of fused-ring (bicyclic) bond motifs is 1. The van der Waals surface area contributed by atoms with E-state index in [2.05, 4.69) is 72.3 Å². The quantitative estimate of drug-likeness (QED) is 0.360. The first-order chi connectivity index (χ1) is 19.8. The zero-order chi connectivity index (χ0) is 29.1. The number of carbonyl (C=O) groups excluding carboxylic acids is 1. The zero-order valence-electron chi connectivity index (χ0n) is 25.0. The molecule has 1 saturated heterocycles. The number of hydrogen-bond donors (Lipinski definition) is 0. The lowest BCUT2D eigenvalue weighted by atomic mass is 10.0. The number of rotatable bonds is 8. The van der Waals surface area contributed by atoms with E-state index in [0.717, 1.165) is 36.5 Å². The Morgan fingerprint density at radius 2 is 2.02 bits per heavy atom. The minimum absolute atomic E-state index is 0.122. The largest absolute Gasteiger partial charge is 0.463 e. The van der Waals surface area contributed by atoms with E-state index in [9.17, 15) is 4.79 Å². The van der Waals surface area contributed by atoms with Crippen molar-refractivity contribution in [2.24, 2.45) is 5.92 Å². The Morgan fingerprint density at radius 1 is 1.20 bits per heavy atom. The number of piperazine rings is 1. The van der Waals surface area contributed by atoms with Gasteiger partial charge in [0.2, 0.25) is 12.5 Å². The SMILES string of the molecule is [C-]#[N+]CC1CN(c2nc(OCC3CCCC3N(C)C)nc3c2CCN(c2cccc(C)c2C)C3)CCN1C(=O)C=C. The molecule has 41 heavy (non-hydrogen) atoms. The Labute approximate surface area is 244 Å². The lowest BCUT2D eigenvalue weighted by molar-refractivity contribution is -0.128. The van der Waals surface area contributed by atoms with Crippen molar-refractivity contribution in [1.82, 2.24) is 19.8 Å². The van der Waals surface area contributed by atoms with E-state index in [4.69, 9.17) is 21.3 Å². The van der Waals surface area contributed by atoms with Crippen LogP contribution in [-0.4, -0.2) is 91.2 Å². The Kier molecular flexibility index (Phi) is 8.79. The fraction of sp³-hybridized carbons (Fsp3) is 0.562. The van der Waals surface area contributed by atoms with Crippen molar-refractivity contribution in [1.29, 1.82) is 0 Å². The molecule has 1 amide bonds. The summed E-state index contributed by atoms with van der Waals surface area (Å²) in [6, 6.07) is 7.20. The van der Waals surface area contributed by atoms with E-state index >= 15 is 0 Å². The van der Waals surface area contributed by atoms with Gasteiger partial charge < -0.3 is 29.2 Å². The van der Waals surface area contributed by atoms with Gasteiger partial charge in [-0.05, 0) is 70.5 Å². The molecule has 1 saturated carbocycles. The molecule has 0 spiro atoms. The van der Waals surface area contributed by atoms with E-state index in [1.54, 1.807) is 4.90 Å². The second-order valence-electron chi connectivity index (χ2n) is 11.9. The predicted molar refractivity (Wildman–Crippen MR) is 162 cm³/mol. The molecule has 218 valence electrons. The lowest BCUT2D eigenvalue weighted by Crippen LogP contribution is -2.56. The summed E-state index contributed by atoms with van der Waals surface area (Å²) in [4.78, 5) is 34.9. The third-order valence-corrected chi connectivity index (χ3v) is 9.19. The van der Waals surface area contributed by atoms with Crippen molar-refractivity contribution in [3.8, 4) is 6.01 Å². The predicted octanol–water partition coefficient (Wildman–Crippen LogP) is 3.89. The summed E-state index contributed by atoms with van der Waals surface area (Å²) < 4.78 is 6.38. The highest BCUT2D eigenvalue weighted by Crippen LogP contribution is 2.34. The van der Waals surface area contributed by atoms with Gasteiger partial charge >= 0.3 is 6.01 Å². The Bertz CT molecular complexity index is 1320. The maximum atomic E-state index is 12.5. The van der Waals surface area contributed by atoms with E-state index in [-0.39, 0.29) is 18.5 Å². The molecule has 2 aliphatic heterocycles. The van der Waals surface area contributed by atoms with Gasteiger partial charge in [-0.2, -0.15) is 9.97 Å². The van der Waals surface area contributed by atoms with Crippen LogP contribution < -0.4 is 14.5 Å². The third kappa shape index (κ3) is 6.03. The Hall–Kier alpha value is -3.64. The molecule has 9 heteroatoms. The number of carbonyl (C=O) groups is 1. The van der Waals surface area contributed by atoms with Crippen LogP contribution in [0.4, 0.5) is 11.5 Å². The van der Waals surface area contributed by atoms with Crippen LogP contribution in [0.25, 0.3) is 4.85 Å². The number of aromatic nitrogens is 2. The standard InChI is InChI=1S/C32H43N7O2/c1-7-30(40)39-17-16-38(19-25(39)18-33-4)31-26-14-15-37(28-12-8-10-22(2)23(28)3)20-27(26)34-32(35-31)41-21-24-11-9-13-29(24)36(5)6/h7-8,10,12,24-25,29H,1,9,11,13-21H2,2-3,5-6H3. The van der Waals surface area contributed by atoms with Gasteiger partial charge in [-0.25, -0.2) is 6.57 Å². The van der Waals surface area contributed by atoms with Crippen molar-refractivity contribution in [3.63, 3.8) is 0 Å². The number of ether oxygens (including phenoxy) is 1. The molecule has 1 aromatic carbocycles. The molecule has 3 unspecified atom stereocenters. The highest BCUT2D eigenvalue weighted by atomic mass is 16.5. The normalized spacial score (nSPS) is 22.4. The van der Waals surface area contributed by atoms with Crippen LogP contribution in [-0.2, 0) is 17.8 Å². The van der Waals surface area contributed by atoms with Crippen LogP contribution in [0.1, 0.15) is 41.6 Å². The lowest BCUT2D eigenvalue weighted by Gasteiger charge is -2.41. The Morgan fingerprint density at radius 3 is 2.78 bits per heavy atom. The number of nitrogens with zero attached hydrogens (tertiary/aromatic N) is 7. The van der Waals surface area contributed by atoms with Gasteiger partial charge in [0, 0.05) is 49.4 Å². The highest BCUT2D eigenvalue weighted by molar-refractivity contribution is 5.87. The van der Waals surface area contributed by atoms with Crippen molar-refractivity contribution in [2.45, 2.75) is 58.2 Å². The second-order valence-corrected chi connectivity index (χ2v) is 11.9. The maximum Gasteiger partial charge on any atom is 0.318 e. The number of aryl methyl sites for hydroxylation is 1. The monoisotopic (exact) mass is 557 g/mol. The van der Waals surface area contributed by atoms with Crippen molar-refractivity contribution in [2.75, 3.05) is 63.2 Å². The first-order valence-corrected chi connectivity index (χ1v) is 14.8. The van der Waals surface area contributed by atoms with Crippen molar-refractivity contribution < 1.29 is 9.53 Å². The summed E-state index contributed by atoms with van der Waals surface area (Å²) >= 11 is 0. The maximum absolute atomic E-state index is 12.5. The minimum atomic E-state index is -0.212. The molecule has 2 fully saturated rings. The first kappa shape index (κ1) is 28.9. The summed E-state index contributed by atoms with van der Waals surface area (Å²) in [6.07, 6.45) is 5.73. The van der Waals surface area contributed by atoms with E-state index in [1.807, 2.05) is 0 Å². The van der Waals surface area contributed by atoms with Crippen LogP contribution in [0.3, 0.4) is 0 Å². The molecule has 1 aliphatic carbocycles. The fourth-order valence-electron chi connectivity index (χ4n) is 6.79. The molecule has 2 aromatic rings. The van der Waals surface area contributed by atoms with Gasteiger partial charge in [-0.3, -0.25) is 4.79 Å². The second kappa shape index (κ2) is 12.5. The zero-order valence-corrected chi connectivity index (χ0v) is 25.0. The van der Waals surface area contributed by atoms with Gasteiger partial charge in [-0.15, -0.1) is 0 Å². The van der Waals surface area contributed by atoms with E-state index < -0.39 is 0 Å². The molecular weight excluding hydrogens is 514 g/mol. The average molecular weight is 558 g/mol. The third-order valence-electron chi connectivity index (χ3n) is 9.19. The van der Waals surface area contributed by atoms with Crippen LogP contribution >= 0.6 is 0 Å². The Balaban J connectivity index is 1.46. The summed E-state index contributed by atoms with van der Waals surface area (Å²) in [5.41, 5.74) is 5.97. The van der Waals surface area contributed by atoms with Crippen LogP contribution in [0.5, 0.6) is 6.01 Å². The van der Waals surface area contributed by atoms with E-state index in [0.29, 0.717) is 50.8 Å². The number of benzene rings is 1. The molecule has 3 atom stereocenters. The number of hydrogen-bond acceptors (Lipinski definition) is 7. The molecule has 0 radical (unpaired) electrons. The molecule has 5 rings (SSSR count). The summed E-state index contributed by atoms with van der Waals surface area (Å²) in [5.74, 6) is 1.22. The van der Waals surface area contributed by atoms with Crippen LogP contribution in [0.2, 0.25) is 0 Å². The van der Waals surface area contributed by atoms with Crippen LogP contribution in [0, 0.1) is 26.3 Å². The minimum Gasteiger partial charge on any atom is -0.463 e. The van der Waals surface area contributed by atoms with Gasteiger partial charge in [0.05, 0.1) is 18.8 Å². The molecule has 9 nitrogen and oxygen atoms in total. The fourth-order valence-corrected chi connectivity index (χ4v) is 6.79. The number of amides is 1. The van der Waals surface area contributed by atoms with Crippen molar-refractivity contribution >= 4 is 17.4 Å². The van der Waals surface area contributed by atoms with Gasteiger partial charge in [0.25, 0.3) is 0 Å². The molecular formula is C32H43N7O2. The molecule has 0 N–H and O–H groups in total. The summed E-state index contributed by atoms with van der Waals surface area (Å²) in [7, 11) is 4.29. The summed E-state index contributed by atoms with van der Waals surface area (Å²) in [5, 5.41) is 0. The van der Waals surface area contributed by atoms with Crippen LogP contribution in [0.15, 0.2) is 30.9 Å². The van der Waals surface area contributed by atoms with Gasteiger partial charge in [0.1, 0.15) is 11.9 Å². The summed E-state index contributed by atoms with van der Waals surface area (Å²) in [6.45, 7) is 19.6. The highest BCUT2D eigenvalue weighted by Gasteiger charge is 2.35. The molecule has 3 heterocycles. The molecule has 3 aliphatic rings. The van der Waals surface area contributed by atoms with E-state index in [1.165, 1.54) is 35.7 Å². The van der Waals surface area contributed by atoms with Crippen molar-refractivity contribution in [3.05, 3.63) is 64.7 Å². The smallest absolute Gasteiger partial charge is 0.318 e.